The Morgan fingerprint density at radius 1 is 1.38 bits per heavy atom. The summed E-state index contributed by atoms with van der Waals surface area (Å²) >= 11 is 0. The number of hydrogen-bond donors (Lipinski definition) is 1. The maximum Gasteiger partial charge on any atom is 0.333 e. The molecule has 1 heterocycles. The molecular formula is C10H18NO4S+. The van der Waals surface area contributed by atoms with Crippen molar-refractivity contribution in [2.45, 2.75) is 6.92 Å². The van der Waals surface area contributed by atoms with Crippen molar-refractivity contribution in [2.75, 3.05) is 37.7 Å². The van der Waals surface area contributed by atoms with Crippen molar-refractivity contribution in [1.82, 2.24) is 0 Å². The number of rotatable bonds is 4. The Bertz CT molecular complexity index is 360. The van der Waals surface area contributed by atoms with Gasteiger partial charge in [-0.3, -0.25) is 0 Å². The number of carbonyl (C=O) groups is 1. The molecular weight excluding hydrogens is 230 g/mol. The maximum absolute atomic E-state index is 11.2. The third-order valence-corrected chi connectivity index (χ3v) is 4.22. The molecule has 1 rings (SSSR count). The lowest BCUT2D eigenvalue weighted by molar-refractivity contribution is -0.896. The highest BCUT2D eigenvalue weighted by Gasteiger charge is 2.24. The van der Waals surface area contributed by atoms with Gasteiger partial charge in [0.15, 0.2) is 9.84 Å². The molecule has 0 aromatic rings. The fourth-order valence-electron chi connectivity index (χ4n) is 1.49. The van der Waals surface area contributed by atoms with Gasteiger partial charge in [-0.25, -0.2) is 13.2 Å². The van der Waals surface area contributed by atoms with Crippen LogP contribution in [0, 0.1) is 0 Å². The first-order valence-electron chi connectivity index (χ1n) is 5.27. The van der Waals surface area contributed by atoms with Gasteiger partial charge in [-0.2, -0.15) is 0 Å². The molecule has 1 fully saturated rings. The molecule has 1 aliphatic heterocycles. The van der Waals surface area contributed by atoms with Crippen LogP contribution in [0.1, 0.15) is 6.92 Å². The van der Waals surface area contributed by atoms with Crippen molar-refractivity contribution in [3.8, 4) is 0 Å². The van der Waals surface area contributed by atoms with E-state index in [9.17, 15) is 13.2 Å². The fourth-order valence-corrected chi connectivity index (χ4v) is 2.89. The molecule has 0 atom stereocenters. The van der Waals surface area contributed by atoms with Crippen LogP contribution < -0.4 is 4.90 Å². The summed E-state index contributed by atoms with van der Waals surface area (Å²) in [4.78, 5) is 12.2. The number of nitrogens with one attached hydrogen (secondary N) is 1. The Morgan fingerprint density at radius 3 is 2.44 bits per heavy atom. The predicted molar refractivity (Wildman–Crippen MR) is 60.0 cm³/mol. The topological polar surface area (TPSA) is 64.9 Å². The van der Waals surface area contributed by atoms with Crippen LogP contribution in [0.2, 0.25) is 0 Å². The van der Waals surface area contributed by atoms with Crippen LogP contribution in [0.5, 0.6) is 0 Å². The average molecular weight is 248 g/mol. The van der Waals surface area contributed by atoms with Gasteiger partial charge in [0.1, 0.15) is 13.2 Å². The maximum atomic E-state index is 11.2. The van der Waals surface area contributed by atoms with Crippen LogP contribution in [-0.4, -0.2) is 52.1 Å². The number of ether oxygens (including phenoxy) is 1. The van der Waals surface area contributed by atoms with Gasteiger partial charge < -0.3 is 9.64 Å². The standard InChI is InChI=1S/C10H17NO4S/c1-9(2)10(12)15-6-3-11-4-7-16(13,14)8-5-11/h1,3-8H2,2H3/p+1. The normalized spacial score (nSPS) is 20.3. The second-order valence-corrected chi connectivity index (χ2v) is 6.37. The minimum absolute atomic E-state index is 0.233. The molecule has 0 aromatic heterocycles. The third-order valence-electron chi connectivity index (χ3n) is 2.57. The van der Waals surface area contributed by atoms with Crippen molar-refractivity contribution in [3.05, 3.63) is 12.2 Å². The van der Waals surface area contributed by atoms with Gasteiger partial charge in [0.25, 0.3) is 0 Å². The Balaban J connectivity index is 2.21. The van der Waals surface area contributed by atoms with E-state index in [1.165, 1.54) is 4.90 Å². The van der Waals surface area contributed by atoms with E-state index >= 15 is 0 Å². The summed E-state index contributed by atoms with van der Waals surface area (Å²) in [6.07, 6.45) is 0. The van der Waals surface area contributed by atoms with E-state index in [1.807, 2.05) is 0 Å². The summed E-state index contributed by atoms with van der Waals surface area (Å²) in [5.74, 6) is 0.0806. The molecule has 6 heteroatoms. The van der Waals surface area contributed by atoms with Crippen LogP contribution in [0.15, 0.2) is 12.2 Å². The van der Waals surface area contributed by atoms with Gasteiger partial charge in [-0.15, -0.1) is 0 Å². The molecule has 5 nitrogen and oxygen atoms in total. The molecule has 1 N–H and O–H groups in total. The lowest BCUT2D eigenvalue weighted by atomic mass is 10.4. The molecule has 0 amide bonds. The molecule has 0 unspecified atom stereocenters. The highest BCUT2D eigenvalue weighted by atomic mass is 32.2. The number of quaternary nitrogens is 1. The highest BCUT2D eigenvalue weighted by molar-refractivity contribution is 7.91. The van der Waals surface area contributed by atoms with Crippen LogP contribution in [-0.2, 0) is 19.4 Å². The van der Waals surface area contributed by atoms with E-state index in [4.69, 9.17) is 4.74 Å². The Hall–Kier alpha value is -0.880. The van der Waals surface area contributed by atoms with E-state index < -0.39 is 9.84 Å². The largest absolute Gasteiger partial charge is 0.456 e. The Kier molecular flexibility index (Phi) is 4.49. The lowest BCUT2D eigenvalue weighted by Gasteiger charge is -2.23. The predicted octanol–water partition coefficient (Wildman–Crippen LogP) is -1.58. The van der Waals surface area contributed by atoms with Crippen LogP contribution in [0.3, 0.4) is 0 Å². The molecule has 0 saturated carbocycles. The Morgan fingerprint density at radius 2 is 1.94 bits per heavy atom. The highest BCUT2D eigenvalue weighted by Crippen LogP contribution is 1.92. The summed E-state index contributed by atoms with van der Waals surface area (Å²) in [7, 11) is -2.81. The van der Waals surface area contributed by atoms with Gasteiger partial charge in [-0.1, -0.05) is 6.58 Å². The molecule has 0 radical (unpaired) electrons. The van der Waals surface area contributed by atoms with Gasteiger partial charge in [0.2, 0.25) is 0 Å². The van der Waals surface area contributed by atoms with Crippen molar-refractivity contribution in [2.24, 2.45) is 0 Å². The fraction of sp³-hybridized carbons (Fsp3) is 0.700. The Labute approximate surface area is 96.0 Å². The van der Waals surface area contributed by atoms with Crippen molar-refractivity contribution in [3.63, 3.8) is 0 Å². The zero-order valence-electron chi connectivity index (χ0n) is 9.49. The second-order valence-electron chi connectivity index (χ2n) is 4.07. The number of hydrogen-bond acceptors (Lipinski definition) is 4. The van der Waals surface area contributed by atoms with Crippen molar-refractivity contribution < 1.29 is 22.8 Å². The summed E-state index contributed by atoms with van der Waals surface area (Å²) in [6.45, 7) is 7.27. The summed E-state index contributed by atoms with van der Waals surface area (Å²) in [6, 6.07) is 0. The third kappa shape index (κ3) is 4.32. The monoisotopic (exact) mass is 248 g/mol. The molecule has 0 aliphatic carbocycles. The van der Waals surface area contributed by atoms with Crippen LogP contribution in [0.4, 0.5) is 0 Å². The van der Waals surface area contributed by atoms with Gasteiger partial charge in [0, 0.05) is 5.57 Å². The average Bonchev–Trinajstić information content (AvgIpc) is 2.20. The van der Waals surface area contributed by atoms with Gasteiger partial charge in [0.05, 0.1) is 24.6 Å². The quantitative estimate of drug-likeness (QED) is 0.482. The van der Waals surface area contributed by atoms with Gasteiger partial charge in [-0.05, 0) is 6.92 Å². The van der Waals surface area contributed by atoms with E-state index in [0.717, 1.165) is 0 Å². The second kappa shape index (κ2) is 5.45. The van der Waals surface area contributed by atoms with E-state index in [-0.39, 0.29) is 17.5 Å². The first kappa shape index (κ1) is 13.2. The minimum Gasteiger partial charge on any atom is -0.456 e. The SMILES string of the molecule is C=C(C)C(=O)OCC[NH+]1CCS(=O)(=O)CC1. The summed E-state index contributed by atoms with van der Waals surface area (Å²) in [5.41, 5.74) is 0.385. The first-order chi connectivity index (χ1) is 7.41. The number of carbonyl (C=O) groups excluding carboxylic acids is 1. The molecule has 0 spiro atoms. The first-order valence-corrected chi connectivity index (χ1v) is 7.09. The molecule has 16 heavy (non-hydrogen) atoms. The van der Waals surface area contributed by atoms with Crippen molar-refractivity contribution in [1.29, 1.82) is 0 Å². The zero-order valence-corrected chi connectivity index (χ0v) is 10.3. The van der Waals surface area contributed by atoms with E-state index in [2.05, 4.69) is 6.58 Å². The molecule has 0 bridgehead atoms. The minimum atomic E-state index is -2.81. The van der Waals surface area contributed by atoms with Crippen molar-refractivity contribution >= 4 is 15.8 Å². The number of sulfone groups is 1. The number of esters is 1. The zero-order chi connectivity index (χ0) is 12.2. The molecule has 1 aliphatic rings. The summed E-state index contributed by atoms with van der Waals surface area (Å²) in [5, 5.41) is 0. The summed E-state index contributed by atoms with van der Waals surface area (Å²) < 4.78 is 27.3. The van der Waals surface area contributed by atoms with Crippen LogP contribution in [0.25, 0.3) is 0 Å². The lowest BCUT2D eigenvalue weighted by Crippen LogP contribution is -3.14. The van der Waals surface area contributed by atoms with Gasteiger partial charge >= 0.3 is 5.97 Å². The smallest absolute Gasteiger partial charge is 0.333 e. The molecule has 1 saturated heterocycles. The van der Waals surface area contributed by atoms with Crippen LogP contribution >= 0.6 is 0 Å². The molecule has 92 valence electrons. The van der Waals surface area contributed by atoms with E-state index in [0.29, 0.717) is 31.8 Å². The van der Waals surface area contributed by atoms with E-state index in [1.54, 1.807) is 6.92 Å². The molecule has 0 aromatic carbocycles.